The summed E-state index contributed by atoms with van der Waals surface area (Å²) in [6.45, 7) is 6.11. The quantitative estimate of drug-likeness (QED) is 0.778. The van der Waals surface area contributed by atoms with Crippen molar-refractivity contribution in [2.24, 2.45) is 0 Å². The highest BCUT2D eigenvalue weighted by Gasteiger charge is 2.09. The van der Waals surface area contributed by atoms with Gasteiger partial charge in [0.25, 0.3) is 0 Å². The average molecular weight is 266 g/mol. The van der Waals surface area contributed by atoms with Crippen molar-refractivity contribution in [3.05, 3.63) is 11.9 Å². The molecule has 0 atom stereocenters. The first-order chi connectivity index (χ1) is 9.08. The van der Waals surface area contributed by atoms with Crippen LogP contribution in [0.4, 0.5) is 11.6 Å². The lowest BCUT2D eigenvalue weighted by atomic mass is 10.3. The molecule has 5 nitrogen and oxygen atoms in total. The van der Waals surface area contributed by atoms with Crippen LogP contribution >= 0.6 is 0 Å². The summed E-state index contributed by atoms with van der Waals surface area (Å²) < 4.78 is 0. The molecule has 0 aliphatic rings. The maximum Gasteiger partial charge on any atom is 0.134 e. The van der Waals surface area contributed by atoms with Gasteiger partial charge >= 0.3 is 0 Å². The second-order valence-corrected chi connectivity index (χ2v) is 4.91. The van der Waals surface area contributed by atoms with Gasteiger partial charge in [-0.3, -0.25) is 0 Å². The van der Waals surface area contributed by atoms with Gasteiger partial charge in [-0.2, -0.15) is 0 Å². The third kappa shape index (κ3) is 5.03. The Morgan fingerprint density at radius 3 is 2.05 bits per heavy atom. The fourth-order valence-corrected chi connectivity index (χ4v) is 1.86. The number of rotatable bonds is 8. The number of hydrogen-bond donors (Lipinski definition) is 1. The van der Waals surface area contributed by atoms with Gasteiger partial charge in [0, 0.05) is 39.9 Å². The molecule has 0 fully saturated rings. The molecule has 1 N–H and O–H groups in total. The van der Waals surface area contributed by atoms with Gasteiger partial charge < -0.3 is 14.9 Å². The second-order valence-electron chi connectivity index (χ2n) is 4.91. The standard InChI is InChI=1S/C14H26N4O/c1-5-6-8-17(3)13-11-14(16-12(2)15-13)18(4)9-7-10-19/h11,19H,5-10H2,1-4H3. The van der Waals surface area contributed by atoms with Gasteiger partial charge in [-0.1, -0.05) is 13.3 Å². The van der Waals surface area contributed by atoms with Crippen LogP contribution < -0.4 is 9.80 Å². The van der Waals surface area contributed by atoms with E-state index in [0.29, 0.717) is 0 Å². The van der Waals surface area contributed by atoms with E-state index >= 15 is 0 Å². The lowest BCUT2D eigenvalue weighted by Crippen LogP contribution is -2.24. The maximum atomic E-state index is 8.89. The van der Waals surface area contributed by atoms with Crippen LogP contribution in [-0.2, 0) is 0 Å². The molecule has 0 saturated carbocycles. The van der Waals surface area contributed by atoms with Crippen molar-refractivity contribution in [1.29, 1.82) is 0 Å². The predicted molar refractivity (Wildman–Crippen MR) is 79.9 cm³/mol. The number of anilines is 2. The van der Waals surface area contributed by atoms with Crippen molar-refractivity contribution in [2.45, 2.75) is 33.1 Å². The molecule has 1 aromatic rings. The van der Waals surface area contributed by atoms with E-state index in [-0.39, 0.29) is 6.61 Å². The minimum absolute atomic E-state index is 0.206. The number of aliphatic hydroxyl groups is 1. The van der Waals surface area contributed by atoms with Crippen molar-refractivity contribution in [2.75, 3.05) is 43.6 Å². The second kappa shape index (κ2) is 7.94. The first-order valence-corrected chi connectivity index (χ1v) is 6.97. The van der Waals surface area contributed by atoms with Gasteiger partial charge in [0.1, 0.15) is 17.5 Å². The predicted octanol–water partition coefficient (Wildman–Crippen LogP) is 1.84. The number of aromatic nitrogens is 2. The fraction of sp³-hybridized carbons (Fsp3) is 0.714. The lowest BCUT2D eigenvalue weighted by molar-refractivity contribution is 0.290. The summed E-state index contributed by atoms with van der Waals surface area (Å²) in [7, 11) is 4.06. The van der Waals surface area contributed by atoms with Gasteiger partial charge in [0.15, 0.2) is 0 Å². The highest BCUT2D eigenvalue weighted by Crippen LogP contribution is 2.18. The third-order valence-corrected chi connectivity index (χ3v) is 3.09. The van der Waals surface area contributed by atoms with Crippen molar-refractivity contribution in [3.63, 3.8) is 0 Å². The third-order valence-electron chi connectivity index (χ3n) is 3.09. The molecule has 5 heteroatoms. The molecule has 0 aliphatic heterocycles. The topological polar surface area (TPSA) is 52.5 Å². The first-order valence-electron chi connectivity index (χ1n) is 6.97. The summed E-state index contributed by atoms with van der Waals surface area (Å²) in [5.74, 6) is 2.66. The van der Waals surface area contributed by atoms with Crippen molar-refractivity contribution in [3.8, 4) is 0 Å². The van der Waals surface area contributed by atoms with Gasteiger partial charge in [0.05, 0.1) is 0 Å². The van der Waals surface area contributed by atoms with E-state index in [1.54, 1.807) is 0 Å². The minimum Gasteiger partial charge on any atom is -0.396 e. The van der Waals surface area contributed by atoms with Crippen LogP contribution in [0.5, 0.6) is 0 Å². The van der Waals surface area contributed by atoms with Crippen molar-refractivity contribution >= 4 is 11.6 Å². The molecule has 19 heavy (non-hydrogen) atoms. The Hall–Kier alpha value is -1.36. The van der Waals surface area contributed by atoms with Gasteiger partial charge in [-0.05, 0) is 19.8 Å². The largest absolute Gasteiger partial charge is 0.396 e. The summed E-state index contributed by atoms with van der Waals surface area (Å²) in [4.78, 5) is 13.2. The Bertz CT molecular complexity index is 351. The number of unbranched alkanes of at least 4 members (excludes halogenated alkanes) is 1. The normalized spacial score (nSPS) is 10.6. The SMILES string of the molecule is CCCCN(C)c1cc(N(C)CCCO)nc(C)n1. The number of hydrogen-bond acceptors (Lipinski definition) is 5. The zero-order valence-electron chi connectivity index (χ0n) is 12.6. The van der Waals surface area contributed by atoms with Crippen LogP contribution in [0.1, 0.15) is 32.0 Å². The molecule has 0 spiro atoms. The Morgan fingerprint density at radius 2 is 1.58 bits per heavy atom. The zero-order chi connectivity index (χ0) is 14.3. The molecule has 0 aromatic carbocycles. The molecule has 108 valence electrons. The highest BCUT2D eigenvalue weighted by atomic mass is 16.3. The van der Waals surface area contributed by atoms with E-state index in [4.69, 9.17) is 5.11 Å². The highest BCUT2D eigenvalue weighted by molar-refractivity contribution is 5.50. The van der Waals surface area contributed by atoms with Crippen LogP contribution in [0.3, 0.4) is 0 Å². The average Bonchev–Trinajstić information content (AvgIpc) is 2.41. The van der Waals surface area contributed by atoms with Gasteiger partial charge in [0.2, 0.25) is 0 Å². The van der Waals surface area contributed by atoms with Crippen LogP contribution in [-0.4, -0.2) is 48.9 Å². The van der Waals surface area contributed by atoms with Crippen molar-refractivity contribution < 1.29 is 5.11 Å². The van der Waals surface area contributed by atoms with E-state index in [1.807, 2.05) is 20.0 Å². The smallest absolute Gasteiger partial charge is 0.134 e. The number of aliphatic hydroxyl groups excluding tert-OH is 1. The summed E-state index contributed by atoms with van der Waals surface area (Å²) in [6, 6.07) is 2.01. The molecule has 0 radical (unpaired) electrons. The monoisotopic (exact) mass is 266 g/mol. The molecule has 1 rings (SSSR count). The van der Waals surface area contributed by atoms with Crippen LogP contribution in [0.25, 0.3) is 0 Å². The van der Waals surface area contributed by atoms with Gasteiger partial charge in [-0.15, -0.1) is 0 Å². The van der Waals surface area contributed by atoms with Crippen molar-refractivity contribution in [1.82, 2.24) is 9.97 Å². The zero-order valence-corrected chi connectivity index (χ0v) is 12.6. The van der Waals surface area contributed by atoms with E-state index in [9.17, 15) is 0 Å². The lowest BCUT2D eigenvalue weighted by Gasteiger charge is -2.22. The summed E-state index contributed by atoms with van der Waals surface area (Å²) in [5, 5.41) is 8.89. The number of nitrogens with zero attached hydrogens (tertiary/aromatic N) is 4. The Morgan fingerprint density at radius 1 is 1.05 bits per heavy atom. The van der Waals surface area contributed by atoms with E-state index in [0.717, 1.165) is 43.4 Å². The molecular formula is C14H26N4O. The van der Waals surface area contributed by atoms with E-state index in [1.165, 1.54) is 6.42 Å². The molecule has 0 bridgehead atoms. The summed E-state index contributed by atoms with van der Waals surface area (Å²) >= 11 is 0. The molecule has 1 heterocycles. The summed E-state index contributed by atoms with van der Waals surface area (Å²) in [6.07, 6.45) is 3.09. The molecule has 1 aromatic heterocycles. The maximum absolute atomic E-state index is 8.89. The number of aryl methyl sites for hydroxylation is 1. The Labute approximate surface area is 116 Å². The van der Waals surface area contributed by atoms with Crippen LogP contribution in [0.2, 0.25) is 0 Å². The van der Waals surface area contributed by atoms with E-state index < -0.39 is 0 Å². The Balaban J connectivity index is 2.80. The van der Waals surface area contributed by atoms with Crippen LogP contribution in [0.15, 0.2) is 6.07 Å². The molecule has 0 unspecified atom stereocenters. The van der Waals surface area contributed by atoms with Gasteiger partial charge in [-0.25, -0.2) is 9.97 Å². The van der Waals surface area contributed by atoms with E-state index in [2.05, 4.69) is 33.7 Å². The minimum atomic E-state index is 0.206. The molecule has 0 saturated heterocycles. The molecular weight excluding hydrogens is 240 g/mol. The Kier molecular flexibility index (Phi) is 6.56. The fourth-order valence-electron chi connectivity index (χ4n) is 1.86. The molecule has 0 aliphatic carbocycles. The summed E-state index contributed by atoms with van der Waals surface area (Å²) in [5.41, 5.74) is 0. The van der Waals surface area contributed by atoms with Crippen LogP contribution in [0, 0.1) is 6.92 Å². The first kappa shape index (κ1) is 15.7. The molecule has 0 amide bonds.